The Hall–Kier alpha value is -2.05. The first-order valence-corrected chi connectivity index (χ1v) is 10.1. The molecule has 0 bridgehead atoms. The maximum absolute atomic E-state index is 12.4. The Balaban J connectivity index is 1.51. The number of para-hydroxylation sites is 2. The van der Waals surface area contributed by atoms with E-state index in [0.717, 1.165) is 68.8 Å². The number of aromatic nitrogens is 3. The molecular weight excluding hydrogens is 364 g/mol. The third-order valence-electron chi connectivity index (χ3n) is 5.29. The van der Waals surface area contributed by atoms with Crippen molar-refractivity contribution in [2.24, 2.45) is 0 Å². The largest absolute Gasteiger partial charge is 0.420 e. The summed E-state index contributed by atoms with van der Waals surface area (Å²) in [6.07, 6.45) is 5.17. The van der Waals surface area contributed by atoms with Gasteiger partial charge in [0, 0.05) is 19.5 Å². The summed E-state index contributed by atoms with van der Waals surface area (Å²) in [7, 11) is 0. The molecule has 6 nitrogen and oxygen atoms in total. The quantitative estimate of drug-likeness (QED) is 0.688. The predicted molar refractivity (Wildman–Crippen MR) is 106 cm³/mol. The van der Waals surface area contributed by atoms with E-state index in [0.29, 0.717) is 10.7 Å². The second kappa shape index (κ2) is 7.90. The SMILES string of the molecule is CCCCc1nc(Cl)c(CN2CCCC(n3c(=O)oc4ccccc43)C2)[nH]1. The van der Waals surface area contributed by atoms with Crippen LogP contribution in [-0.2, 0) is 13.0 Å². The lowest BCUT2D eigenvalue weighted by atomic mass is 10.0. The zero-order valence-corrected chi connectivity index (χ0v) is 16.3. The highest BCUT2D eigenvalue weighted by molar-refractivity contribution is 6.30. The van der Waals surface area contributed by atoms with Crippen molar-refractivity contribution in [2.75, 3.05) is 13.1 Å². The van der Waals surface area contributed by atoms with Gasteiger partial charge in [0.1, 0.15) is 5.82 Å². The summed E-state index contributed by atoms with van der Waals surface area (Å²) in [6.45, 7) is 4.67. The maximum atomic E-state index is 12.4. The Labute approximate surface area is 163 Å². The first-order valence-electron chi connectivity index (χ1n) is 9.71. The number of aromatic amines is 1. The molecule has 1 saturated heterocycles. The number of imidazole rings is 1. The second-order valence-corrected chi connectivity index (χ2v) is 7.65. The van der Waals surface area contributed by atoms with E-state index in [1.165, 1.54) is 0 Å². The summed E-state index contributed by atoms with van der Waals surface area (Å²) < 4.78 is 7.23. The lowest BCUT2D eigenvalue weighted by molar-refractivity contribution is 0.166. The number of hydrogen-bond donors (Lipinski definition) is 1. The lowest BCUT2D eigenvalue weighted by Crippen LogP contribution is -2.38. The summed E-state index contributed by atoms with van der Waals surface area (Å²) >= 11 is 6.34. The maximum Gasteiger partial charge on any atom is 0.420 e. The highest BCUT2D eigenvalue weighted by Gasteiger charge is 2.26. The van der Waals surface area contributed by atoms with E-state index in [9.17, 15) is 4.79 Å². The number of fused-ring (bicyclic) bond motifs is 1. The molecule has 1 unspecified atom stereocenters. The number of unbranched alkanes of at least 4 members (excludes halogenated alkanes) is 1. The summed E-state index contributed by atoms with van der Waals surface area (Å²) in [5.74, 6) is 0.687. The van der Waals surface area contributed by atoms with Gasteiger partial charge in [-0.05, 0) is 37.9 Å². The summed E-state index contributed by atoms with van der Waals surface area (Å²) in [4.78, 5) is 22.6. The fourth-order valence-electron chi connectivity index (χ4n) is 3.95. The third-order valence-corrected chi connectivity index (χ3v) is 5.60. The zero-order chi connectivity index (χ0) is 18.8. The molecule has 27 heavy (non-hydrogen) atoms. The highest BCUT2D eigenvalue weighted by atomic mass is 35.5. The number of H-pyrrole nitrogens is 1. The van der Waals surface area contributed by atoms with Crippen molar-refractivity contribution in [2.45, 2.75) is 51.6 Å². The molecule has 1 aliphatic heterocycles. The number of halogens is 1. The van der Waals surface area contributed by atoms with Crippen molar-refractivity contribution < 1.29 is 4.42 Å². The normalized spacial score (nSPS) is 18.4. The van der Waals surface area contributed by atoms with Gasteiger partial charge in [-0.1, -0.05) is 37.1 Å². The van der Waals surface area contributed by atoms with E-state index in [-0.39, 0.29) is 11.8 Å². The van der Waals surface area contributed by atoms with Gasteiger partial charge in [-0.2, -0.15) is 0 Å². The molecule has 3 aromatic rings. The van der Waals surface area contributed by atoms with Crippen molar-refractivity contribution in [3.63, 3.8) is 0 Å². The van der Waals surface area contributed by atoms with Crippen molar-refractivity contribution in [1.82, 2.24) is 19.4 Å². The Bertz CT molecular complexity index is 974. The summed E-state index contributed by atoms with van der Waals surface area (Å²) in [5, 5.41) is 0.564. The van der Waals surface area contributed by atoms with Crippen LogP contribution in [0.4, 0.5) is 0 Å². The van der Waals surface area contributed by atoms with Gasteiger partial charge < -0.3 is 9.40 Å². The Kier molecular flexibility index (Phi) is 5.36. The van der Waals surface area contributed by atoms with Crippen LogP contribution in [0, 0.1) is 0 Å². The molecule has 0 radical (unpaired) electrons. The molecule has 1 aliphatic rings. The minimum Gasteiger partial charge on any atom is -0.408 e. The summed E-state index contributed by atoms with van der Waals surface area (Å²) in [6, 6.07) is 7.73. The molecule has 1 aromatic carbocycles. The smallest absolute Gasteiger partial charge is 0.408 e. The first kappa shape index (κ1) is 18.3. The number of aryl methyl sites for hydroxylation is 1. The number of piperidine rings is 1. The minimum atomic E-state index is -0.274. The number of likely N-dealkylation sites (tertiary alicyclic amines) is 1. The molecule has 3 heterocycles. The van der Waals surface area contributed by atoms with Crippen LogP contribution < -0.4 is 5.76 Å². The van der Waals surface area contributed by atoms with Gasteiger partial charge in [0.15, 0.2) is 10.7 Å². The van der Waals surface area contributed by atoms with Gasteiger partial charge in [-0.3, -0.25) is 9.47 Å². The molecule has 1 N–H and O–H groups in total. The first-order chi connectivity index (χ1) is 13.2. The predicted octanol–water partition coefficient (Wildman–Crippen LogP) is 4.15. The molecule has 7 heteroatoms. The Morgan fingerprint density at radius 3 is 3.07 bits per heavy atom. The number of hydrogen-bond acceptors (Lipinski definition) is 4. The van der Waals surface area contributed by atoms with Gasteiger partial charge in [0.05, 0.1) is 17.3 Å². The van der Waals surface area contributed by atoms with E-state index < -0.39 is 0 Å². The van der Waals surface area contributed by atoms with Gasteiger partial charge in [0.25, 0.3) is 0 Å². The third kappa shape index (κ3) is 3.82. The Morgan fingerprint density at radius 2 is 2.22 bits per heavy atom. The van der Waals surface area contributed by atoms with Crippen LogP contribution in [0.15, 0.2) is 33.5 Å². The number of benzene rings is 1. The molecule has 0 saturated carbocycles. The minimum absolute atomic E-state index is 0.108. The van der Waals surface area contributed by atoms with Crippen LogP contribution in [0.25, 0.3) is 11.1 Å². The number of nitrogens with one attached hydrogen (secondary N) is 1. The highest BCUT2D eigenvalue weighted by Crippen LogP contribution is 2.26. The van der Waals surface area contributed by atoms with Crippen LogP contribution in [0.2, 0.25) is 5.15 Å². The Morgan fingerprint density at radius 1 is 1.37 bits per heavy atom. The molecule has 0 aliphatic carbocycles. The van der Waals surface area contributed by atoms with E-state index in [1.807, 2.05) is 28.8 Å². The molecule has 1 fully saturated rings. The van der Waals surface area contributed by atoms with E-state index in [4.69, 9.17) is 16.0 Å². The van der Waals surface area contributed by atoms with Crippen LogP contribution in [0.3, 0.4) is 0 Å². The second-order valence-electron chi connectivity index (χ2n) is 7.29. The van der Waals surface area contributed by atoms with Gasteiger partial charge in [0.2, 0.25) is 0 Å². The number of oxazole rings is 1. The van der Waals surface area contributed by atoms with Crippen molar-refractivity contribution in [1.29, 1.82) is 0 Å². The molecule has 2 aromatic heterocycles. The molecule has 144 valence electrons. The summed E-state index contributed by atoms with van der Waals surface area (Å²) in [5.41, 5.74) is 2.49. The van der Waals surface area contributed by atoms with Crippen LogP contribution in [-0.4, -0.2) is 32.5 Å². The molecule has 4 rings (SSSR count). The lowest BCUT2D eigenvalue weighted by Gasteiger charge is -2.32. The van der Waals surface area contributed by atoms with Gasteiger partial charge >= 0.3 is 5.76 Å². The van der Waals surface area contributed by atoms with E-state index >= 15 is 0 Å². The van der Waals surface area contributed by atoms with Crippen molar-refractivity contribution >= 4 is 22.7 Å². The average Bonchev–Trinajstić information content (AvgIpc) is 3.19. The fraction of sp³-hybridized carbons (Fsp3) is 0.500. The monoisotopic (exact) mass is 388 g/mol. The van der Waals surface area contributed by atoms with E-state index in [2.05, 4.69) is 21.8 Å². The van der Waals surface area contributed by atoms with Crippen LogP contribution in [0.5, 0.6) is 0 Å². The number of rotatable bonds is 6. The van der Waals surface area contributed by atoms with Crippen molar-refractivity contribution in [3.8, 4) is 0 Å². The van der Waals surface area contributed by atoms with Crippen LogP contribution in [0.1, 0.15) is 50.2 Å². The van der Waals surface area contributed by atoms with E-state index in [1.54, 1.807) is 0 Å². The van der Waals surface area contributed by atoms with Gasteiger partial charge in [-0.25, -0.2) is 9.78 Å². The van der Waals surface area contributed by atoms with Crippen molar-refractivity contribution in [3.05, 3.63) is 51.5 Å². The molecule has 1 atom stereocenters. The zero-order valence-electron chi connectivity index (χ0n) is 15.6. The molecular formula is C20H25ClN4O2. The topological polar surface area (TPSA) is 67.1 Å². The number of nitrogens with zero attached hydrogens (tertiary/aromatic N) is 3. The standard InChI is InChI=1S/C20H25ClN4O2/c1-2-3-10-18-22-15(19(21)23-18)13-24-11-6-7-14(12-24)25-16-8-4-5-9-17(16)27-20(25)26/h4-5,8-9,14H,2-3,6-7,10-13H2,1H3,(H,22,23). The molecule has 0 spiro atoms. The van der Waals surface area contributed by atoms with Gasteiger partial charge in [-0.15, -0.1) is 0 Å². The fourth-order valence-corrected chi connectivity index (χ4v) is 4.16. The van der Waals surface area contributed by atoms with Crippen LogP contribution >= 0.6 is 11.6 Å². The molecule has 0 amide bonds. The average molecular weight is 389 g/mol.